The van der Waals surface area contributed by atoms with Gasteiger partial charge in [0.1, 0.15) is 0 Å². The number of aryl methyl sites for hydroxylation is 2. The molecule has 0 aliphatic rings. The molecule has 3 rings (SSSR count). The smallest absolute Gasteiger partial charge is 0.266 e. The first-order valence-electron chi connectivity index (χ1n) is 7.48. The SMILES string of the molecule is Cc1cc(C)n(-c2ccccc2)c(=O)c1C(=O)c1ccccc1. The highest BCUT2D eigenvalue weighted by Crippen LogP contribution is 2.15. The Morgan fingerprint density at radius 1 is 0.870 bits per heavy atom. The van der Waals surface area contributed by atoms with E-state index < -0.39 is 0 Å². The monoisotopic (exact) mass is 303 g/mol. The number of pyridine rings is 1. The second-order valence-corrected chi connectivity index (χ2v) is 5.51. The fourth-order valence-corrected chi connectivity index (χ4v) is 2.80. The molecular formula is C20H17NO2. The third-order valence-electron chi connectivity index (χ3n) is 3.87. The molecule has 1 heterocycles. The number of aromatic nitrogens is 1. The van der Waals surface area contributed by atoms with Crippen LogP contribution in [0.3, 0.4) is 0 Å². The van der Waals surface area contributed by atoms with E-state index in [9.17, 15) is 9.59 Å². The van der Waals surface area contributed by atoms with Gasteiger partial charge < -0.3 is 0 Å². The van der Waals surface area contributed by atoms with Gasteiger partial charge in [0.05, 0.1) is 5.56 Å². The van der Waals surface area contributed by atoms with Crippen LogP contribution in [0.4, 0.5) is 0 Å². The second kappa shape index (κ2) is 6.05. The fraction of sp³-hybridized carbons (Fsp3) is 0.100. The summed E-state index contributed by atoms with van der Waals surface area (Å²) in [5.41, 5.74) is 2.75. The van der Waals surface area contributed by atoms with Crippen molar-refractivity contribution in [2.75, 3.05) is 0 Å². The third-order valence-corrected chi connectivity index (χ3v) is 3.87. The topological polar surface area (TPSA) is 39.1 Å². The molecular weight excluding hydrogens is 286 g/mol. The lowest BCUT2D eigenvalue weighted by Crippen LogP contribution is -2.28. The minimum absolute atomic E-state index is 0.227. The highest BCUT2D eigenvalue weighted by atomic mass is 16.1. The summed E-state index contributed by atoms with van der Waals surface area (Å²) in [5, 5.41) is 0. The van der Waals surface area contributed by atoms with E-state index in [-0.39, 0.29) is 16.9 Å². The van der Waals surface area contributed by atoms with Crippen molar-refractivity contribution in [2.45, 2.75) is 13.8 Å². The summed E-state index contributed by atoms with van der Waals surface area (Å²) in [5.74, 6) is -0.238. The third kappa shape index (κ3) is 2.73. The van der Waals surface area contributed by atoms with Gasteiger partial charge in [-0.15, -0.1) is 0 Å². The van der Waals surface area contributed by atoms with Gasteiger partial charge in [-0.05, 0) is 37.6 Å². The number of hydrogen-bond donors (Lipinski definition) is 0. The molecule has 0 amide bonds. The highest BCUT2D eigenvalue weighted by Gasteiger charge is 2.19. The minimum atomic E-state index is -0.275. The van der Waals surface area contributed by atoms with Crippen molar-refractivity contribution in [3.8, 4) is 5.69 Å². The average Bonchev–Trinajstić information content (AvgIpc) is 2.56. The Morgan fingerprint density at radius 3 is 2.04 bits per heavy atom. The largest absolute Gasteiger partial charge is 0.288 e. The lowest BCUT2D eigenvalue weighted by atomic mass is 10.00. The number of hydrogen-bond acceptors (Lipinski definition) is 2. The zero-order valence-electron chi connectivity index (χ0n) is 13.1. The highest BCUT2D eigenvalue weighted by molar-refractivity contribution is 6.09. The van der Waals surface area contributed by atoms with E-state index >= 15 is 0 Å². The predicted octanol–water partition coefficient (Wildman–Crippen LogP) is 3.69. The Hall–Kier alpha value is -2.94. The van der Waals surface area contributed by atoms with E-state index in [1.807, 2.05) is 49.4 Å². The molecule has 0 spiro atoms. The molecule has 23 heavy (non-hydrogen) atoms. The van der Waals surface area contributed by atoms with Gasteiger partial charge in [-0.3, -0.25) is 14.2 Å². The first-order valence-corrected chi connectivity index (χ1v) is 7.48. The van der Waals surface area contributed by atoms with Gasteiger partial charge in [-0.25, -0.2) is 0 Å². The van der Waals surface area contributed by atoms with Crippen LogP contribution in [0.5, 0.6) is 0 Å². The molecule has 0 aliphatic heterocycles. The standard InChI is InChI=1S/C20H17NO2/c1-14-13-15(2)21(17-11-7-4-8-12-17)20(23)18(14)19(22)16-9-5-3-6-10-16/h3-13H,1-2H3. The number of benzene rings is 2. The average molecular weight is 303 g/mol. The summed E-state index contributed by atoms with van der Waals surface area (Å²) >= 11 is 0. The van der Waals surface area contributed by atoms with Crippen molar-refractivity contribution < 1.29 is 4.79 Å². The van der Waals surface area contributed by atoms with Crippen LogP contribution in [0.2, 0.25) is 0 Å². The van der Waals surface area contributed by atoms with Gasteiger partial charge in [-0.1, -0.05) is 48.5 Å². The molecule has 3 nitrogen and oxygen atoms in total. The number of carbonyl (C=O) groups excluding carboxylic acids is 1. The molecule has 1 aromatic heterocycles. The zero-order valence-corrected chi connectivity index (χ0v) is 13.1. The fourth-order valence-electron chi connectivity index (χ4n) is 2.80. The van der Waals surface area contributed by atoms with E-state index in [0.29, 0.717) is 11.1 Å². The molecule has 0 fully saturated rings. The number of para-hydroxylation sites is 1. The summed E-state index contributed by atoms with van der Waals surface area (Å²) < 4.78 is 1.59. The number of rotatable bonds is 3. The maximum Gasteiger partial charge on any atom is 0.266 e. The molecule has 0 bridgehead atoms. The van der Waals surface area contributed by atoms with Crippen molar-refractivity contribution in [3.63, 3.8) is 0 Å². The Balaban J connectivity index is 2.24. The lowest BCUT2D eigenvalue weighted by Gasteiger charge is -2.14. The molecule has 0 saturated carbocycles. The van der Waals surface area contributed by atoms with Gasteiger partial charge in [0, 0.05) is 16.9 Å². The molecule has 0 N–H and O–H groups in total. The molecule has 3 aromatic rings. The summed E-state index contributed by atoms with van der Waals surface area (Å²) in [6.45, 7) is 3.68. The van der Waals surface area contributed by atoms with Crippen molar-refractivity contribution >= 4 is 5.78 Å². The van der Waals surface area contributed by atoms with Crippen LogP contribution in [-0.4, -0.2) is 10.4 Å². The molecule has 2 aromatic carbocycles. The zero-order chi connectivity index (χ0) is 16.4. The molecule has 0 atom stereocenters. The predicted molar refractivity (Wildman–Crippen MR) is 91.4 cm³/mol. The molecule has 0 aliphatic carbocycles. The van der Waals surface area contributed by atoms with Crippen molar-refractivity contribution in [2.24, 2.45) is 0 Å². The Labute approximate surface area is 134 Å². The van der Waals surface area contributed by atoms with Crippen molar-refractivity contribution in [3.05, 3.63) is 99.5 Å². The van der Waals surface area contributed by atoms with E-state index in [2.05, 4.69) is 0 Å². The Morgan fingerprint density at radius 2 is 1.43 bits per heavy atom. The maximum atomic E-state index is 13.0. The number of ketones is 1. The summed E-state index contributed by atoms with van der Waals surface area (Å²) in [6.07, 6.45) is 0. The normalized spacial score (nSPS) is 10.5. The summed E-state index contributed by atoms with van der Waals surface area (Å²) in [4.78, 5) is 25.7. The van der Waals surface area contributed by atoms with Crippen molar-refractivity contribution in [1.82, 2.24) is 4.57 Å². The second-order valence-electron chi connectivity index (χ2n) is 5.51. The van der Waals surface area contributed by atoms with Crippen LogP contribution in [0.1, 0.15) is 27.2 Å². The van der Waals surface area contributed by atoms with E-state index in [1.54, 1.807) is 35.8 Å². The van der Waals surface area contributed by atoms with Gasteiger partial charge >= 0.3 is 0 Å². The van der Waals surface area contributed by atoms with Gasteiger partial charge in [0.15, 0.2) is 5.78 Å². The van der Waals surface area contributed by atoms with Crippen LogP contribution < -0.4 is 5.56 Å². The van der Waals surface area contributed by atoms with Gasteiger partial charge in [-0.2, -0.15) is 0 Å². The number of carbonyl (C=O) groups is 1. The maximum absolute atomic E-state index is 13.0. The van der Waals surface area contributed by atoms with Crippen LogP contribution in [-0.2, 0) is 0 Å². The minimum Gasteiger partial charge on any atom is -0.288 e. The van der Waals surface area contributed by atoms with Gasteiger partial charge in [0.25, 0.3) is 5.56 Å². The van der Waals surface area contributed by atoms with Crippen LogP contribution in [0.15, 0.2) is 71.5 Å². The molecule has 0 saturated heterocycles. The van der Waals surface area contributed by atoms with E-state index in [4.69, 9.17) is 0 Å². The van der Waals surface area contributed by atoms with E-state index in [0.717, 1.165) is 11.4 Å². The van der Waals surface area contributed by atoms with Crippen LogP contribution in [0.25, 0.3) is 5.69 Å². The molecule has 114 valence electrons. The van der Waals surface area contributed by atoms with Crippen LogP contribution >= 0.6 is 0 Å². The first kappa shape index (κ1) is 15.0. The summed E-state index contributed by atoms with van der Waals surface area (Å²) in [6, 6.07) is 20.2. The molecule has 0 radical (unpaired) electrons. The lowest BCUT2D eigenvalue weighted by molar-refractivity contribution is 0.103. The number of nitrogens with zero attached hydrogens (tertiary/aromatic N) is 1. The molecule has 3 heteroatoms. The Bertz CT molecular complexity index is 910. The van der Waals surface area contributed by atoms with Crippen molar-refractivity contribution in [1.29, 1.82) is 0 Å². The summed E-state index contributed by atoms with van der Waals surface area (Å²) in [7, 11) is 0. The van der Waals surface area contributed by atoms with Gasteiger partial charge in [0.2, 0.25) is 0 Å². The first-order chi connectivity index (χ1) is 11.1. The quantitative estimate of drug-likeness (QED) is 0.692. The molecule has 0 unspecified atom stereocenters. The Kier molecular flexibility index (Phi) is 3.94. The van der Waals surface area contributed by atoms with Crippen LogP contribution in [0, 0.1) is 13.8 Å². The van der Waals surface area contributed by atoms with E-state index in [1.165, 1.54) is 0 Å².